The van der Waals surface area contributed by atoms with Crippen molar-refractivity contribution in [1.29, 1.82) is 0 Å². The van der Waals surface area contributed by atoms with Gasteiger partial charge in [-0.2, -0.15) is 0 Å². The number of aliphatic hydroxyl groups excluding tert-OH is 5. The Hall–Kier alpha value is -4.73. The Morgan fingerprint density at radius 3 is 2.05 bits per heavy atom. The van der Waals surface area contributed by atoms with Gasteiger partial charge in [-0.15, -0.1) is 0 Å². The van der Waals surface area contributed by atoms with E-state index in [9.17, 15) is 39.9 Å². The number of epoxide rings is 1. The molecule has 60 heavy (non-hydrogen) atoms. The van der Waals surface area contributed by atoms with Crippen molar-refractivity contribution in [2.75, 3.05) is 20.3 Å². The topological polar surface area (TPSA) is 248 Å². The van der Waals surface area contributed by atoms with E-state index in [0.717, 1.165) is 18.6 Å². The van der Waals surface area contributed by atoms with Crippen LogP contribution in [0.1, 0.15) is 25.0 Å². The lowest BCUT2D eigenvalue weighted by atomic mass is 9.85. The highest BCUT2D eigenvalue weighted by Crippen LogP contribution is 2.61. The normalized spacial score (nSPS) is 38.1. The molecule has 0 amide bonds. The Morgan fingerprint density at radius 1 is 0.750 bits per heavy atom. The van der Waals surface area contributed by atoms with Gasteiger partial charge in [-0.05, 0) is 48.4 Å². The first-order valence-electron chi connectivity index (χ1n) is 19.4. The maximum atomic E-state index is 13.5. The first-order valence-corrected chi connectivity index (χ1v) is 19.4. The summed E-state index contributed by atoms with van der Waals surface area (Å²) >= 11 is 0. The third-order valence-electron chi connectivity index (χ3n) is 11.2. The summed E-state index contributed by atoms with van der Waals surface area (Å²) in [7, 11) is 1.53. The predicted octanol–water partition coefficient (Wildman–Crippen LogP) is 0.370. The Bertz CT molecular complexity index is 1900. The molecule has 4 fully saturated rings. The molecule has 2 aromatic carbocycles. The first-order chi connectivity index (χ1) is 28.9. The third-order valence-corrected chi connectivity index (χ3v) is 11.2. The van der Waals surface area contributed by atoms with Gasteiger partial charge in [-0.3, -0.25) is 4.79 Å². The Labute approximate surface area is 344 Å². The van der Waals surface area contributed by atoms with Crippen LogP contribution in [0.4, 0.5) is 0 Å². The summed E-state index contributed by atoms with van der Waals surface area (Å²) in [5, 5.41) is 51.7. The number of hydrogen-bond acceptors (Lipinski definition) is 18. The van der Waals surface area contributed by atoms with Gasteiger partial charge in [0.25, 0.3) is 0 Å². The number of hydrogen-bond donors (Lipinski definition) is 5. The summed E-state index contributed by atoms with van der Waals surface area (Å²) in [5.74, 6) is -3.33. The van der Waals surface area contributed by atoms with Gasteiger partial charge >= 0.3 is 17.9 Å². The Kier molecular flexibility index (Phi) is 13.4. The second-order valence-corrected chi connectivity index (χ2v) is 15.0. The van der Waals surface area contributed by atoms with Gasteiger partial charge < -0.3 is 72.9 Å². The maximum absolute atomic E-state index is 13.5. The lowest BCUT2D eigenvalue weighted by molar-refractivity contribution is -0.347. The monoisotopic (exact) mass is 840 g/mol. The Morgan fingerprint density at radius 2 is 1.42 bits per heavy atom. The summed E-state index contributed by atoms with van der Waals surface area (Å²) in [6.45, 7) is 1.48. The average molecular weight is 841 g/mol. The molecule has 0 radical (unpaired) electrons. The van der Waals surface area contributed by atoms with Crippen LogP contribution in [-0.4, -0.2) is 149 Å². The highest BCUT2D eigenvalue weighted by molar-refractivity contribution is 5.88. The van der Waals surface area contributed by atoms with Gasteiger partial charge in [0.15, 0.2) is 30.9 Å². The van der Waals surface area contributed by atoms with Gasteiger partial charge in [0, 0.05) is 25.0 Å². The van der Waals surface area contributed by atoms with E-state index in [4.69, 9.17) is 47.4 Å². The molecule has 0 aromatic heterocycles. The van der Waals surface area contributed by atoms with E-state index in [1.54, 1.807) is 67.6 Å². The number of benzene rings is 2. The largest absolute Gasteiger partial charge is 0.497 e. The van der Waals surface area contributed by atoms with Crippen molar-refractivity contribution >= 4 is 30.1 Å². The van der Waals surface area contributed by atoms with Crippen LogP contribution in [0.3, 0.4) is 0 Å². The van der Waals surface area contributed by atoms with Crippen LogP contribution in [0.25, 0.3) is 12.2 Å². The molecule has 18 nitrogen and oxygen atoms in total. The molecule has 4 heterocycles. The smallest absolute Gasteiger partial charge is 0.331 e. The van der Waals surface area contributed by atoms with E-state index in [1.807, 2.05) is 6.07 Å². The van der Waals surface area contributed by atoms with E-state index >= 15 is 0 Å². The van der Waals surface area contributed by atoms with Crippen molar-refractivity contribution in [2.24, 2.45) is 11.8 Å². The quantitative estimate of drug-likeness (QED) is 0.0746. The number of fused-ring (bicyclic) bond motifs is 3. The molecule has 3 saturated heterocycles. The van der Waals surface area contributed by atoms with Crippen molar-refractivity contribution in [3.05, 3.63) is 90.2 Å². The van der Waals surface area contributed by atoms with E-state index in [-0.39, 0.29) is 0 Å². The van der Waals surface area contributed by atoms with Gasteiger partial charge in [-0.1, -0.05) is 42.5 Å². The molecule has 16 atom stereocenters. The fraction of sp³-hybridized carbons (Fsp3) is 0.500. The van der Waals surface area contributed by atoms with Gasteiger partial charge in [0.05, 0.1) is 44.7 Å². The van der Waals surface area contributed by atoms with Crippen molar-refractivity contribution in [1.82, 2.24) is 0 Å². The van der Waals surface area contributed by atoms with Crippen molar-refractivity contribution in [3.63, 3.8) is 0 Å². The van der Waals surface area contributed by atoms with Crippen LogP contribution in [-0.2, 0) is 57.0 Å². The number of ether oxygens (including phenoxy) is 10. The number of carbonyl (C=O) groups excluding carboxylic acids is 3. The highest BCUT2D eigenvalue weighted by Gasteiger charge is 2.77. The zero-order chi connectivity index (χ0) is 42.7. The lowest BCUT2D eigenvalue weighted by Gasteiger charge is -2.45. The molecule has 4 aliphatic heterocycles. The molecule has 2 unspecified atom stereocenters. The number of esters is 3. The Balaban J connectivity index is 1.14. The van der Waals surface area contributed by atoms with Crippen LogP contribution < -0.4 is 4.74 Å². The molecule has 324 valence electrons. The minimum Gasteiger partial charge on any atom is -0.497 e. The second kappa shape index (κ2) is 18.5. The van der Waals surface area contributed by atoms with Gasteiger partial charge in [-0.25, -0.2) is 9.59 Å². The number of carbonyl (C=O) groups is 3. The van der Waals surface area contributed by atoms with Crippen LogP contribution >= 0.6 is 0 Å². The van der Waals surface area contributed by atoms with Crippen LogP contribution in [0, 0.1) is 11.8 Å². The molecule has 0 bridgehead atoms. The van der Waals surface area contributed by atoms with Crippen LogP contribution in [0.2, 0.25) is 0 Å². The molecule has 1 saturated carbocycles. The van der Waals surface area contributed by atoms with E-state index in [0.29, 0.717) is 11.3 Å². The first kappa shape index (κ1) is 43.4. The molecular weight excluding hydrogens is 792 g/mol. The molecule has 5 aliphatic rings. The molecular formula is C42H48O18. The number of methoxy groups -OCH3 is 1. The lowest BCUT2D eigenvalue weighted by Crippen LogP contribution is -2.62. The molecule has 0 spiro atoms. The standard InChI is InChI=1S/C42H48O18/c1-21-34(56-28(46)15-11-23-7-5-4-6-8-23)36(57-29(47)16-12-24-9-13-25(51-3)14-10-24)37(54-22(2)45)41(53-21)58-35-26-17-18-52-39(30(26)42(20-44)38(35)60-42)59-40-33(50)32(49)31(48)27(19-43)55-40/h4-18,21,26-27,30-41,43-44,48-50H,19-20H2,1-3H3/b15-11+,16-12+/t21-,26+,27+,30+,31+,32-,33+,34-,35-,36+,37+,38-,39-,40?,41?,42+/m0/s1. The minimum atomic E-state index is -1.74. The second-order valence-electron chi connectivity index (χ2n) is 15.0. The van der Waals surface area contributed by atoms with Crippen LogP contribution in [0.15, 0.2) is 79.1 Å². The van der Waals surface area contributed by atoms with E-state index in [1.165, 1.54) is 25.5 Å². The molecule has 5 N–H and O–H groups in total. The van der Waals surface area contributed by atoms with Crippen LogP contribution in [0.5, 0.6) is 5.75 Å². The summed E-state index contributed by atoms with van der Waals surface area (Å²) < 4.78 is 58.9. The number of aliphatic hydroxyl groups is 5. The molecule has 18 heteroatoms. The fourth-order valence-corrected chi connectivity index (χ4v) is 8.12. The van der Waals surface area contributed by atoms with Gasteiger partial charge in [0.1, 0.15) is 41.9 Å². The maximum Gasteiger partial charge on any atom is 0.331 e. The van der Waals surface area contributed by atoms with Gasteiger partial charge in [0.2, 0.25) is 6.29 Å². The van der Waals surface area contributed by atoms with Crippen molar-refractivity contribution in [3.8, 4) is 5.75 Å². The fourth-order valence-electron chi connectivity index (χ4n) is 8.12. The molecule has 2 aromatic rings. The zero-order valence-corrected chi connectivity index (χ0v) is 32.8. The summed E-state index contributed by atoms with van der Waals surface area (Å²) in [4.78, 5) is 39.5. The van der Waals surface area contributed by atoms with E-state index < -0.39 is 128 Å². The predicted molar refractivity (Wildman–Crippen MR) is 203 cm³/mol. The molecule has 1 aliphatic carbocycles. The third kappa shape index (κ3) is 8.99. The average Bonchev–Trinajstić information content (AvgIpc) is 3.92. The van der Waals surface area contributed by atoms with Crippen molar-refractivity contribution < 1.29 is 87.3 Å². The zero-order valence-electron chi connectivity index (χ0n) is 32.8. The molecule has 7 rings (SSSR count). The SMILES string of the molecule is COc1ccc(/C=C/C(=O)O[C@@H]2[C@@H](OC(=O)/C=C/c3ccccc3)[C@H](C)OC(O[C@H]3[C@@H]4C=CO[C@@H](OC5O[C@H](CO)[C@@H](O)[C@H](O)[C@H]5O)[C@@H]4[C@@]4(CO)O[C@@H]34)[C@@H]2OC(C)=O)cc1. The summed E-state index contributed by atoms with van der Waals surface area (Å²) in [6, 6.07) is 15.9. The van der Waals surface area contributed by atoms with Crippen molar-refractivity contribution in [2.45, 2.75) is 99.4 Å². The summed E-state index contributed by atoms with van der Waals surface area (Å²) in [6.07, 6.45) is -9.38. The summed E-state index contributed by atoms with van der Waals surface area (Å²) in [5.41, 5.74) is 0.0578. The van der Waals surface area contributed by atoms with E-state index in [2.05, 4.69) is 0 Å². The number of rotatable bonds is 14. The minimum absolute atomic E-state index is 0.533. The highest BCUT2D eigenvalue weighted by atomic mass is 16.8.